The molecule has 8 heteroatoms. The highest BCUT2D eigenvalue weighted by Gasteiger charge is 2.28. The van der Waals surface area contributed by atoms with Gasteiger partial charge in [-0.2, -0.15) is 13.2 Å². The lowest BCUT2D eigenvalue weighted by Gasteiger charge is -2.19. The van der Waals surface area contributed by atoms with Crippen LogP contribution < -0.4 is 10.6 Å². The van der Waals surface area contributed by atoms with Crippen molar-refractivity contribution in [3.05, 3.63) is 0 Å². The second kappa shape index (κ2) is 12.3. The Morgan fingerprint density at radius 3 is 2.24 bits per heavy atom. The molecule has 0 aromatic heterocycles. The minimum absolute atomic E-state index is 0. The summed E-state index contributed by atoms with van der Waals surface area (Å²) in [5.74, 6) is 1.32. The fourth-order valence-corrected chi connectivity index (χ4v) is 1.64. The molecule has 4 nitrogen and oxygen atoms in total. The summed E-state index contributed by atoms with van der Waals surface area (Å²) in [6, 6.07) is 0. The molecule has 0 aromatic carbocycles. The van der Waals surface area contributed by atoms with Crippen LogP contribution in [0.3, 0.4) is 0 Å². The van der Waals surface area contributed by atoms with E-state index in [2.05, 4.69) is 29.5 Å². The molecule has 0 spiro atoms. The van der Waals surface area contributed by atoms with Gasteiger partial charge in [-0.3, -0.25) is 9.89 Å². The van der Waals surface area contributed by atoms with E-state index in [1.54, 1.807) is 7.05 Å². The lowest BCUT2D eigenvalue weighted by molar-refractivity contribution is -0.143. The molecule has 0 atom stereocenters. The van der Waals surface area contributed by atoms with E-state index in [0.717, 1.165) is 13.0 Å². The van der Waals surface area contributed by atoms with Gasteiger partial charge >= 0.3 is 6.18 Å². The zero-order valence-electron chi connectivity index (χ0n) is 13.3. The molecule has 0 fully saturated rings. The van der Waals surface area contributed by atoms with Gasteiger partial charge in [-0.05, 0) is 32.4 Å². The van der Waals surface area contributed by atoms with Crippen molar-refractivity contribution in [2.24, 2.45) is 10.9 Å². The molecule has 0 radical (unpaired) electrons. The van der Waals surface area contributed by atoms with Crippen LogP contribution in [0.25, 0.3) is 0 Å². The SMILES string of the molecule is CN=C(NCCCN(C)CC(F)(F)F)NCCC(C)C.I. The molecule has 128 valence electrons. The van der Waals surface area contributed by atoms with Gasteiger partial charge in [0.2, 0.25) is 0 Å². The Morgan fingerprint density at radius 1 is 1.19 bits per heavy atom. The quantitative estimate of drug-likeness (QED) is 0.273. The number of halogens is 4. The maximum Gasteiger partial charge on any atom is 0.401 e. The lowest BCUT2D eigenvalue weighted by Crippen LogP contribution is -2.39. The zero-order valence-corrected chi connectivity index (χ0v) is 15.6. The van der Waals surface area contributed by atoms with Crippen LogP contribution in [0.4, 0.5) is 13.2 Å². The van der Waals surface area contributed by atoms with E-state index < -0.39 is 12.7 Å². The first-order valence-electron chi connectivity index (χ1n) is 6.94. The van der Waals surface area contributed by atoms with Gasteiger partial charge in [-0.1, -0.05) is 13.8 Å². The van der Waals surface area contributed by atoms with E-state index in [1.165, 1.54) is 11.9 Å². The van der Waals surface area contributed by atoms with Crippen molar-refractivity contribution < 1.29 is 13.2 Å². The molecule has 0 rings (SSSR count). The Morgan fingerprint density at radius 2 is 1.76 bits per heavy atom. The topological polar surface area (TPSA) is 39.7 Å². The molecular formula is C13H28F3IN4. The predicted molar refractivity (Wildman–Crippen MR) is 92.4 cm³/mol. The number of nitrogens with one attached hydrogen (secondary N) is 2. The molecule has 0 aliphatic carbocycles. The third kappa shape index (κ3) is 16.0. The minimum Gasteiger partial charge on any atom is -0.356 e. The summed E-state index contributed by atoms with van der Waals surface area (Å²) in [6.07, 6.45) is -2.44. The van der Waals surface area contributed by atoms with Crippen LogP contribution in [0.5, 0.6) is 0 Å². The Labute approximate surface area is 143 Å². The van der Waals surface area contributed by atoms with Crippen LogP contribution in [0.15, 0.2) is 4.99 Å². The summed E-state index contributed by atoms with van der Waals surface area (Å²) in [7, 11) is 3.16. The van der Waals surface area contributed by atoms with Crippen LogP contribution in [-0.4, -0.2) is 57.3 Å². The first-order chi connectivity index (χ1) is 9.24. The number of rotatable bonds is 8. The highest BCUT2D eigenvalue weighted by atomic mass is 127. The molecule has 0 saturated heterocycles. The van der Waals surface area contributed by atoms with E-state index in [9.17, 15) is 13.2 Å². The molecule has 0 saturated carbocycles. The van der Waals surface area contributed by atoms with E-state index in [1.807, 2.05) is 0 Å². The van der Waals surface area contributed by atoms with E-state index in [-0.39, 0.29) is 24.0 Å². The van der Waals surface area contributed by atoms with Crippen molar-refractivity contribution in [2.75, 3.05) is 40.3 Å². The Balaban J connectivity index is 0. The van der Waals surface area contributed by atoms with Crippen LogP contribution in [0, 0.1) is 5.92 Å². The smallest absolute Gasteiger partial charge is 0.356 e. The number of hydrogen-bond donors (Lipinski definition) is 2. The number of aliphatic imine (C=N–C) groups is 1. The summed E-state index contributed by atoms with van der Waals surface area (Å²) in [5.41, 5.74) is 0. The number of guanidine groups is 1. The predicted octanol–water partition coefficient (Wildman–Crippen LogP) is 2.70. The Bertz CT molecular complexity index is 283. The molecule has 0 aromatic rings. The van der Waals surface area contributed by atoms with Crippen molar-refractivity contribution >= 4 is 29.9 Å². The van der Waals surface area contributed by atoms with Crippen LogP contribution in [-0.2, 0) is 0 Å². The first kappa shape index (κ1) is 23.0. The third-order valence-electron chi connectivity index (χ3n) is 2.70. The van der Waals surface area contributed by atoms with Gasteiger partial charge in [0.05, 0.1) is 6.54 Å². The lowest BCUT2D eigenvalue weighted by atomic mass is 10.1. The van der Waals surface area contributed by atoms with Crippen molar-refractivity contribution in [3.8, 4) is 0 Å². The van der Waals surface area contributed by atoms with Crippen molar-refractivity contribution in [1.82, 2.24) is 15.5 Å². The minimum atomic E-state index is -4.13. The summed E-state index contributed by atoms with van der Waals surface area (Å²) in [4.78, 5) is 5.34. The van der Waals surface area contributed by atoms with Gasteiger partial charge in [0.25, 0.3) is 0 Å². The number of hydrogen-bond acceptors (Lipinski definition) is 2. The van der Waals surface area contributed by atoms with Crippen molar-refractivity contribution in [1.29, 1.82) is 0 Å². The van der Waals surface area contributed by atoms with Crippen LogP contribution in [0.1, 0.15) is 26.7 Å². The standard InChI is InChI=1S/C13H27F3N4.HI/c1-11(2)6-8-19-12(17-3)18-7-5-9-20(4)10-13(14,15)16;/h11H,5-10H2,1-4H3,(H2,17,18,19);1H. The highest BCUT2D eigenvalue weighted by molar-refractivity contribution is 14.0. The van der Waals surface area contributed by atoms with Gasteiger partial charge in [-0.25, -0.2) is 0 Å². The molecule has 2 N–H and O–H groups in total. The van der Waals surface area contributed by atoms with Crippen LogP contribution in [0.2, 0.25) is 0 Å². The van der Waals surface area contributed by atoms with Gasteiger partial charge < -0.3 is 10.6 Å². The molecular weight excluding hydrogens is 396 g/mol. The van der Waals surface area contributed by atoms with Gasteiger partial charge in [0.15, 0.2) is 5.96 Å². The normalized spacial score (nSPS) is 12.5. The number of alkyl halides is 3. The molecule has 0 aliphatic rings. The Hall–Kier alpha value is -0.250. The summed E-state index contributed by atoms with van der Waals surface area (Å²) >= 11 is 0. The third-order valence-corrected chi connectivity index (χ3v) is 2.70. The fraction of sp³-hybridized carbons (Fsp3) is 0.923. The van der Waals surface area contributed by atoms with Gasteiger partial charge in [0, 0.05) is 20.1 Å². The maximum atomic E-state index is 12.1. The largest absolute Gasteiger partial charge is 0.401 e. The van der Waals surface area contributed by atoms with E-state index in [4.69, 9.17) is 0 Å². The summed E-state index contributed by atoms with van der Waals surface area (Å²) in [6.45, 7) is 5.27. The molecule has 0 heterocycles. The Kier molecular flexibility index (Phi) is 13.5. The fourth-order valence-electron chi connectivity index (χ4n) is 1.64. The summed E-state index contributed by atoms with van der Waals surface area (Å²) < 4.78 is 36.3. The van der Waals surface area contributed by atoms with Gasteiger partial charge in [-0.15, -0.1) is 24.0 Å². The zero-order chi connectivity index (χ0) is 15.6. The average Bonchev–Trinajstić information content (AvgIpc) is 2.29. The molecule has 21 heavy (non-hydrogen) atoms. The van der Waals surface area contributed by atoms with Crippen LogP contribution >= 0.6 is 24.0 Å². The second-order valence-electron chi connectivity index (χ2n) is 5.31. The summed E-state index contributed by atoms with van der Waals surface area (Å²) in [5, 5.41) is 6.26. The molecule has 0 aliphatic heterocycles. The van der Waals surface area contributed by atoms with E-state index >= 15 is 0 Å². The second-order valence-corrected chi connectivity index (χ2v) is 5.31. The van der Waals surface area contributed by atoms with E-state index in [0.29, 0.717) is 31.4 Å². The average molecular weight is 424 g/mol. The number of nitrogens with zero attached hydrogens (tertiary/aromatic N) is 2. The molecule has 0 amide bonds. The first-order valence-corrected chi connectivity index (χ1v) is 6.94. The van der Waals surface area contributed by atoms with Gasteiger partial charge in [0.1, 0.15) is 0 Å². The monoisotopic (exact) mass is 424 g/mol. The maximum absolute atomic E-state index is 12.1. The molecule has 0 unspecified atom stereocenters. The highest BCUT2D eigenvalue weighted by Crippen LogP contribution is 2.15. The molecule has 0 bridgehead atoms. The van der Waals surface area contributed by atoms with Crippen molar-refractivity contribution in [3.63, 3.8) is 0 Å². The van der Waals surface area contributed by atoms with Crippen molar-refractivity contribution in [2.45, 2.75) is 32.9 Å².